The summed E-state index contributed by atoms with van der Waals surface area (Å²) in [5.74, 6) is -1.91. The number of carboxylic acid groups (broad SMARTS) is 1. The molecule has 0 radical (unpaired) electrons. The average molecular weight is 424 g/mol. The first-order valence-electron chi connectivity index (χ1n) is 8.78. The molecular formula is C18H21FN4O5S. The lowest BCUT2D eigenvalue weighted by molar-refractivity contribution is -0.125. The van der Waals surface area contributed by atoms with Crippen LogP contribution in [0.3, 0.4) is 0 Å². The van der Waals surface area contributed by atoms with Gasteiger partial charge in [0, 0.05) is 36.7 Å². The summed E-state index contributed by atoms with van der Waals surface area (Å²) in [6.07, 6.45) is 4.36. The summed E-state index contributed by atoms with van der Waals surface area (Å²) in [7, 11) is 0. The summed E-state index contributed by atoms with van der Waals surface area (Å²) in [4.78, 5) is 40.5. The number of nitrogens with one attached hydrogen (secondary N) is 2. The highest BCUT2D eigenvalue weighted by Gasteiger charge is 2.37. The number of nitrogens with zero attached hydrogens (tertiary/aromatic N) is 2. The molecule has 1 aliphatic carbocycles. The van der Waals surface area contributed by atoms with Gasteiger partial charge in [0.15, 0.2) is 5.82 Å². The van der Waals surface area contributed by atoms with Gasteiger partial charge in [0.25, 0.3) is 12.4 Å². The molecule has 2 aromatic heterocycles. The van der Waals surface area contributed by atoms with E-state index < -0.39 is 29.8 Å². The normalized spacial score (nSPS) is 20.3. The molecule has 3 atom stereocenters. The molecule has 4 N–H and O–H groups in total. The number of pyridine rings is 1. The van der Waals surface area contributed by atoms with Gasteiger partial charge in [-0.15, -0.1) is 11.3 Å². The van der Waals surface area contributed by atoms with E-state index in [0.29, 0.717) is 19.4 Å². The maximum Gasteiger partial charge on any atom is 0.290 e. The second-order valence-corrected chi connectivity index (χ2v) is 7.22. The number of aliphatic hydroxyl groups is 1. The van der Waals surface area contributed by atoms with Gasteiger partial charge in [-0.25, -0.2) is 9.37 Å². The zero-order valence-corrected chi connectivity index (χ0v) is 16.1. The molecule has 1 fully saturated rings. The maximum atomic E-state index is 13.6. The Labute approximate surface area is 170 Å². The van der Waals surface area contributed by atoms with Gasteiger partial charge in [-0.05, 0) is 18.9 Å². The highest BCUT2D eigenvalue weighted by molar-refractivity contribution is 7.09. The predicted octanol–water partition coefficient (Wildman–Crippen LogP) is 0.606. The lowest BCUT2D eigenvalue weighted by atomic mass is 10.1. The van der Waals surface area contributed by atoms with Crippen molar-refractivity contribution in [3.63, 3.8) is 0 Å². The van der Waals surface area contributed by atoms with Gasteiger partial charge >= 0.3 is 0 Å². The molecule has 1 aliphatic rings. The van der Waals surface area contributed by atoms with Gasteiger partial charge in [0.05, 0.1) is 28.9 Å². The van der Waals surface area contributed by atoms with Crippen LogP contribution < -0.4 is 10.6 Å². The van der Waals surface area contributed by atoms with Crippen molar-refractivity contribution in [3.05, 3.63) is 46.4 Å². The van der Waals surface area contributed by atoms with E-state index in [2.05, 4.69) is 20.6 Å². The van der Waals surface area contributed by atoms with Gasteiger partial charge in [-0.3, -0.25) is 19.4 Å². The molecule has 0 spiro atoms. The molecule has 0 unspecified atom stereocenters. The fourth-order valence-corrected chi connectivity index (χ4v) is 3.62. The fourth-order valence-electron chi connectivity index (χ4n) is 3.00. The molecule has 2 heterocycles. The van der Waals surface area contributed by atoms with Crippen LogP contribution in [0, 0.1) is 11.7 Å². The maximum absolute atomic E-state index is 13.6. The number of hydrogen-bond donors (Lipinski definition) is 4. The summed E-state index contributed by atoms with van der Waals surface area (Å²) in [6, 6.07) is 0.680. The number of halogens is 1. The van der Waals surface area contributed by atoms with E-state index >= 15 is 0 Å². The third-order valence-corrected chi connectivity index (χ3v) is 5.19. The fraction of sp³-hybridized carbons (Fsp3) is 0.389. The van der Waals surface area contributed by atoms with Gasteiger partial charge in [-0.1, -0.05) is 0 Å². The van der Waals surface area contributed by atoms with Crippen molar-refractivity contribution in [2.45, 2.75) is 31.4 Å². The van der Waals surface area contributed by atoms with Crippen LogP contribution in [0.1, 0.15) is 28.2 Å². The molecule has 2 aromatic rings. The molecule has 2 amide bonds. The molecule has 0 saturated heterocycles. The molecule has 9 nitrogen and oxygen atoms in total. The molecule has 0 aromatic carbocycles. The number of aliphatic hydroxyl groups excluding tert-OH is 1. The molecule has 156 valence electrons. The molecule has 3 rings (SSSR count). The van der Waals surface area contributed by atoms with Crippen LogP contribution in [0.5, 0.6) is 0 Å². The van der Waals surface area contributed by atoms with Crippen LogP contribution in [0.4, 0.5) is 4.39 Å². The summed E-state index contributed by atoms with van der Waals surface area (Å²) in [5.41, 5.74) is -0.136. The van der Waals surface area contributed by atoms with Crippen molar-refractivity contribution in [2.75, 3.05) is 6.54 Å². The molecule has 0 bridgehead atoms. The Hall–Kier alpha value is -2.92. The van der Waals surface area contributed by atoms with Crippen molar-refractivity contribution in [3.8, 4) is 0 Å². The number of thiazole rings is 1. The summed E-state index contributed by atoms with van der Waals surface area (Å²) in [5, 5.41) is 25.3. The Kier molecular flexibility index (Phi) is 8.62. The Morgan fingerprint density at radius 1 is 1.34 bits per heavy atom. The second kappa shape index (κ2) is 11.2. The zero-order valence-electron chi connectivity index (χ0n) is 15.3. The predicted molar refractivity (Wildman–Crippen MR) is 102 cm³/mol. The number of rotatable bonds is 6. The Balaban J connectivity index is 0.000000941. The van der Waals surface area contributed by atoms with Crippen molar-refractivity contribution >= 4 is 29.6 Å². The molecule has 29 heavy (non-hydrogen) atoms. The molecule has 0 aliphatic heterocycles. The lowest BCUT2D eigenvalue weighted by Gasteiger charge is -2.16. The van der Waals surface area contributed by atoms with E-state index in [-0.39, 0.29) is 24.4 Å². The SMILES string of the molecule is O=C(N[C@@H]1C[C@H](C(=O)NCCc2nccs2)C[C@H]1O)c1ccncc1F.O=CO. The first kappa shape index (κ1) is 22.4. The summed E-state index contributed by atoms with van der Waals surface area (Å²) < 4.78 is 13.6. The van der Waals surface area contributed by atoms with Crippen LogP contribution in [-0.4, -0.2) is 57.2 Å². The second-order valence-electron chi connectivity index (χ2n) is 6.24. The molecular weight excluding hydrogens is 403 g/mol. The first-order valence-corrected chi connectivity index (χ1v) is 9.66. The lowest BCUT2D eigenvalue weighted by Crippen LogP contribution is -2.40. The van der Waals surface area contributed by atoms with Gasteiger partial charge in [0.1, 0.15) is 0 Å². The van der Waals surface area contributed by atoms with Gasteiger partial charge in [0.2, 0.25) is 5.91 Å². The first-order chi connectivity index (χ1) is 14.0. The third kappa shape index (κ3) is 6.57. The highest BCUT2D eigenvalue weighted by atomic mass is 32.1. The standard InChI is InChI=1S/C17H19FN4O3S.CH2O2/c18-12-9-19-3-1-11(12)17(25)22-13-7-10(8-14(13)23)16(24)21-4-2-15-20-5-6-26-15;2-1-3/h1,3,5-6,9-10,13-14,23H,2,4,7-8H2,(H,21,24)(H,22,25);1H,(H,2,3)/t10-,13+,14+;/m0./s1. The number of hydrogen-bond acceptors (Lipinski definition) is 7. The van der Waals surface area contributed by atoms with E-state index in [9.17, 15) is 19.1 Å². The highest BCUT2D eigenvalue weighted by Crippen LogP contribution is 2.26. The summed E-state index contributed by atoms with van der Waals surface area (Å²) >= 11 is 1.53. The van der Waals surface area contributed by atoms with Crippen LogP contribution in [-0.2, 0) is 16.0 Å². The van der Waals surface area contributed by atoms with E-state index in [1.165, 1.54) is 23.6 Å². The van der Waals surface area contributed by atoms with Crippen LogP contribution >= 0.6 is 11.3 Å². The van der Waals surface area contributed by atoms with Crippen molar-refractivity contribution < 1.29 is 29.0 Å². The number of amides is 2. The van der Waals surface area contributed by atoms with Crippen LogP contribution in [0.15, 0.2) is 30.0 Å². The van der Waals surface area contributed by atoms with Gasteiger partial charge in [-0.2, -0.15) is 0 Å². The minimum absolute atomic E-state index is 0.136. The molecule has 11 heteroatoms. The quantitative estimate of drug-likeness (QED) is 0.498. The van der Waals surface area contributed by atoms with Crippen LogP contribution in [0.25, 0.3) is 0 Å². The monoisotopic (exact) mass is 424 g/mol. The Bertz CT molecular complexity index is 820. The van der Waals surface area contributed by atoms with E-state index in [1.54, 1.807) is 6.20 Å². The minimum Gasteiger partial charge on any atom is -0.483 e. The molecule has 1 saturated carbocycles. The smallest absolute Gasteiger partial charge is 0.290 e. The van der Waals surface area contributed by atoms with E-state index in [0.717, 1.165) is 11.2 Å². The minimum atomic E-state index is -0.849. The number of carbonyl (C=O) groups excluding carboxylic acids is 2. The number of carbonyl (C=O) groups is 3. The van der Waals surface area contributed by atoms with Crippen LogP contribution in [0.2, 0.25) is 0 Å². The van der Waals surface area contributed by atoms with Crippen molar-refractivity contribution in [1.29, 1.82) is 0 Å². The Morgan fingerprint density at radius 2 is 2.10 bits per heavy atom. The third-order valence-electron chi connectivity index (χ3n) is 4.35. The van der Waals surface area contributed by atoms with Crippen molar-refractivity contribution in [1.82, 2.24) is 20.6 Å². The van der Waals surface area contributed by atoms with E-state index in [1.807, 2.05) is 5.38 Å². The largest absolute Gasteiger partial charge is 0.483 e. The topological polar surface area (TPSA) is 142 Å². The average Bonchev–Trinajstić information content (AvgIpc) is 3.33. The van der Waals surface area contributed by atoms with Gasteiger partial charge < -0.3 is 20.8 Å². The Morgan fingerprint density at radius 3 is 2.76 bits per heavy atom. The zero-order chi connectivity index (χ0) is 21.2. The number of aromatic nitrogens is 2. The summed E-state index contributed by atoms with van der Waals surface area (Å²) in [6.45, 7) is 0.220. The van der Waals surface area contributed by atoms with Crippen molar-refractivity contribution in [2.24, 2.45) is 5.92 Å². The van der Waals surface area contributed by atoms with E-state index in [4.69, 9.17) is 9.90 Å².